The van der Waals surface area contributed by atoms with Gasteiger partial charge in [-0.05, 0) is 136 Å². The Morgan fingerprint density at radius 3 is 1.51 bits per heavy atom. The van der Waals surface area contributed by atoms with Crippen molar-refractivity contribution in [2.24, 2.45) is 0 Å². The maximum absolute atomic E-state index is 12.8. The summed E-state index contributed by atoms with van der Waals surface area (Å²) in [6, 6.07) is 17.7. The minimum absolute atomic E-state index is 0.238. The van der Waals surface area contributed by atoms with Crippen molar-refractivity contribution in [2.45, 2.75) is 98.3 Å². The number of hydrogen-bond donors (Lipinski definition) is 8. The highest BCUT2D eigenvalue weighted by atomic mass is 35.5. The molecule has 2 aliphatic carbocycles. The van der Waals surface area contributed by atoms with Gasteiger partial charge in [0.1, 0.15) is 22.9 Å². The Morgan fingerprint density at radius 1 is 0.603 bits per heavy atom. The lowest BCUT2D eigenvalue weighted by molar-refractivity contribution is 0.112. The number of nitrogen functional groups attached to an aromatic ring is 1. The lowest BCUT2D eigenvalue weighted by atomic mass is 9.93. The maximum atomic E-state index is 12.8. The van der Waals surface area contributed by atoms with Crippen LogP contribution in [-0.2, 0) is 20.0 Å². The van der Waals surface area contributed by atoms with E-state index in [2.05, 4.69) is 45.9 Å². The van der Waals surface area contributed by atoms with E-state index in [0.717, 1.165) is 46.5 Å². The minimum Gasteiger partial charge on any atom is -0.399 e. The highest BCUT2D eigenvalue weighted by molar-refractivity contribution is 7.89. The number of fused-ring (bicyclic) bond motifs is 2. The Kier molecular flexibility index (Phi) is 13.7. The van der Waals surface area contributed by atoms with Crippen molar-refractivity contribution in [3.05, 3.63) is 78.3 Å². The molecule has 63 heavy (non-hydrogen) atoms. The summed E-state index contributed by atoms with van der Waals surface area (Å²) in [5.41, 5.74) is 8.30. The fraction of sp³-hybridized carbons (Fsp3) is 0.429. The maximum Gasteiger partial charge on any atom is 0.243 e. The van der Waals surface area contributed by atoms with Gasteiger partial charge in [-0.15, -0.1) is 0 Å². The first-order valence-corrected chi connectivity index (χ1v) is 24.6. The van der Waals surface area contributed by atoms with Crippen molar-refractivity contribution in [2.75, 3.05) is 47.9 Å². The van der Waals surface area contributed by atoms with Crippen molar-refractivity contribution < 1.29 is 27.0 Å². The van der Waals surface area contributed by atoms with E-state index in [-0.39, 0.29) is 21.2 Å². The summed E-state index contributed by atoms with van der Waals surface area (Å²) in [5.74, 6) is 2.08. The normalized spacial score (nSPS) is 18.4. The number of benzene rings is 2. The molecule has 6 heterocycles. The summed E-state index contributed by atoms with van der Waals surface area (Å²) >= 11 is 5.84. The monoisotopic (exact) mass is 920 g/mol. The number of aromatic nitrogens is 6. The molecule has 0 unspecified atom stereocenters. The number of nitrogens with zero attached hydrogens (tertiary/aromatic N) is 6. The molecule has 2 aromatic carbocycles. The fourth-order valence-corrected chi connectivity index (χ4v) is 10.7. The second kappa shape index (κ2) is 19.3. The van der Waals surface area contributed by atoms with Crippen LogP contribution in [0.5, 0.6) is 0 Å². The van der Waals surface area contributed by atoms with Gasteiger partial charge in [0.15, 0.2) is 0 Å². The van der Waals surface area contributed by atoms with Gasteiger partial charge in [-0.1, -0.05) is 0 Å². The molecular formula is C42H53ClN12O6S2. The fourth-order valence-electron chi connectivity index (χ4n) is 7.57. The molecule has 0 amide bonds. The van der Waals surface area contributed by atoms with Crippen molar-refractivity contribution in [3.63, 3.8) is 0 Å². The highest BCUT2D eigenvalue weighted by Gasteiger charge is 2.30. The lowest BCUT2D eigenvalue weighted by Crippen LogP contribution is -2.39. The Balaban J connectivity index is 0.000000143. The van der Waals surface area contributed by atoms with E-state index < -0.39 is 26.2 Å². The molecule has 6 aromatic rings. The van der Waals surface area contributed by atoms with Crippen LogP contribution in [0.2, 0.25) is 5.28 Å². The van der Waals surface area contributed by atoms with E-state index in [0.29, 0.717) is 81.3 Å². The van der Waals surface area contributed by atoms with Crippen LogP contribution in [0.3, 0.4) is 0 Å². The van der Waals surface area contributed by atoms with Gasteiger partial charge in [0.2, 0.25) is 31.3 Å². The first-order valence-electron chi connectivity index (χ1n) is 21.3. The number of nitrogens with one attached hydrogen (secondary N) is 5. The summed E-state index contributed by atoms with van der Waals surface area (Å²) in [6.45, 7) is 1.41. The average molecular weight is 922 g/mol. The summed E-state index contributed by atoms with van der Waals surface area (Å²) in [4.78, 5) is 24.1. The summed E-state index contributed by atoms with van der Waals surface area (Å²) in [5, 5.41) is 31.3. The van der Waals surface area contributed by atoms with Crippen LogP contribution in [0.1, 0.15) is 64.2 Å². The summed E-state index contributed by atoms with van der Waals surface area (Å²) < 4.78 is 53.0. The van der Waals surface area contributed by atoms with Crippen LogP contribution in [0.4, 0.5) is 29.0 Å². The molecule has 0 atom stereocenters. The zero-order valence-corrected chi connectivity index (χ0v) is 37.0. The number of anilines is 5. The third kappa shape index (κ3) is 10.7. The number of halogens is 1. The smallest absolute Gasteiger partial charge is 0.243 e. The van der Waals surface area contributed by atoms with E-state index in [1.807, 2.05) is 24.5 Å². The first kappa shape index (κ1) is 44.5. The SMILES string of the molecule is Clc1nc(NC2CCC2)c2cc[nH]c2n1.Nc1ccc(S(=O)(=O)N2CCC(O)CC2)cc1.O=S(=O)(c1ccc(Nc2nc(NC3CCC3)c3cc[nH]c3n2)cc1)N1CCC(O)CC1. The largest absolute Gasteiger partial charge is 0.399 e. The second-order valence-electron chi connectivity index (χ2n) is 16.3. The molecule has 4 aliphatic rings. The molecule has 4 aromatic heterocycles. The second-order valence-corrected chi connectivity index (χ2v) is 20.5. The summed E-state index contributed by atoms with van der Waals surface area (Å²) in [6.07, 6.45) is 12.1. The molecule has 2 saturated heterocycles. The Labute approximate surface area is 371 Å². The molecule has 336 valence electrons. The standard InChI is InChI=1S/C21H26N6O3S.C11H16N2O3S.C10H11ClN4/c28-16-9-12-27(13-10-16)31(29,30)17-6-4-15(5-7-17)24-21-25-19-18(8-11-22-19)20(26-21)23-14-2-1-3-14;12-9-1-3-11(4-2-9)17(15,16)13-7-5-10(14)6-8-13;11-10-14-8-7(4-5-12-8)9(15-10)13-6-2-1-3-6/h4-8,11,14,16,28H,1-3,9-10,12-13H2,(H3,22,23,24,25,26);1-4,10,14H,5-8,12H2;4-6H,1-3H2,(H2,12,13,14,15). The number of rotatable bonds is 10. The number of hydrogen-bond acceptors (Lipinski definition) is 14. The molecule has 0 spiro atoms. The van der Waals surface area contributed by atoms with Gasteiger partial charge in [-0.2, -0.15) is 23.6 Å². The average Bonchev–Trinajstić information content (AvgIpc) is 3.92. The van der Waals surface area contributed by atoms with Gasteiger partial charge < -0.3 is 41.9 Å². The van der Waals surface area contributed by atoms with Gasteiger partial charge >= 0.3 is 0 Å². The van der Waals surface area contributed by atoms with Crippen molar-refractivity contribution in [1.29, 1.82) is 0 Å². The first-order chi connectivity index (χ1) is 30.3. The molecule has 2 aliphatic heterocycles. The molecule has 21 heteroatoms. The number of piperidine rings is 2. The minimum atomic E-state index is -3.56. The number of sulfonamides is 2. The zero-order valence-electron chi connectivity index (χ0n) is 34.6. The van der Waals surface area contributed by atoms with Crippen molar-refractivity contribution >= 4 is 82.7 Å². The van der Waals surface area contributed by atoms with Crippen LogP contribution < -0.4 is 21.7 Å². The third-order valence-electron chi connectivity index (χ3n) is 11.8. The highest BCUT2D eigenvalue weighted by Crippen LogP contribution is 2.30. The van der Waals surface area contributed by atoms with E-state index in [4.69, 9.17) is 17.3 Å². The number of aromatic amines is 2. The van der Waals surface area contributed by atoms with Crippen LogP contribution in [0.25, 0.3) is 22.1 Å². The third-order valence-corrected chi connectivity index (χ3v) is 15.8. The predicted octanol–water partition coefficient (Wildman–Crippen LogP) is 5.80. The van der Waals surface area contributed by atoms with Gasteiger partial charge in [0.05, 0.1) is 32.8 Å². The number of nitrogens with two attached hydrogens (primary N) is 1. The van der Waals surface area contributed by atoms with E-state index in [9.17, 15) is 27.0 Å². The summed E-state index contributed by atoms with van der Waals surface area (Å²) in [7, 11) is -7.00. The molecular weight excluding hydrogens is 868 g/mol. The zero-order chi connectivity index (χ0) is 44.1. The number of H-pyrrole nitrogens is 2. The van der Waals surface area contributed by atoms with Crippen LogP contribution in [-0.4, -0.2) is 116 Å². The molecule has 2 saturated carbocycles. The Bertz CT molecular complexity index is 2700. The van der Waals surface area contributed by atoms with Crippen LogP contribution >= 0.6 is 11.6 Å². The van der Waals surface area contributed by atoms with Gasteiger partial charge in [0.25, 0.3) is 0 Å². The Hall–Kier alpha value is -5.09. The molecule has 0 bridgehead atoms. The van der Waals surface area contributed by atoms with Crippen molar-refractivity contribution in [3.8, 4) is 0 Å². The van der Waals surface area contributed by atoms with Crippen LogP contribution in [0, 0.1) is 0 Å². The lowest BCUT2D eigenvalue weighted by Gasteiger charge is -2.28. The number of aliphatic hydroxyl groups is 2. The van der Waals surface area contributed by atoms with E-state index >= 15 is 0 Å². The van der Waals surface area contributed by atoms with Gasteiger partial charge in [-0.3, -0.25) is 0 Å². The molecule has 9 N–H and O–H groups in total. The molecule has 18 nitrogen and oxygen atoms in total. The van der Waals surface area contributed by atoms with E-state index in [1.165, 1.54) is 46.4 Å². The molecule has 10 rings (SSSR count). The molecule has 4 fully saturated rings. The number of aliphatic hydroxyl groups excluding tert-OH is 2. The van der Waals surface area contributed by atoms with Gasteiger partial charge in [0, 0.05) is 62.0 Å². The van der Waals surface area contributed by atoms with Gasteiger partial charge in [-0.25, -0.2) is 21.8 Å². The van der Waals surface area contributed by atoms with Crippen LogP contribution in [0.15, 0.2) is 82.8 Å². The quantitative estimate of drug-likeness (QED) is 0.0597. The molecule has 0 radical (unpaired) electrons. The topological polar surface area (TPSA) is 260 Å². The van der Waals surface area contributed by atoms with E-state index in [1.54, 1.807) is 36.4 Å². The van der Waals surface area contributed by atoms with Crippen molar-refractivity contribution in [1.82, 2.24) is 38.5 Å². The Morgan fingerprint density at radius 2 is 1.05 bits per heavy atom. The predicted molar refractivity (Wildman–Crippen MR) is 244 cm³/mol.